The molecule has 2 nitrogen and oxygen atoms in total. The Labute approximate surface area is 111 Å². The minimum atomic E-state index is 0.122. The fourth-order valence-electron chi connectivity index (χ4n) is 3.02. The van der Waals surface area contributed by atoms with Crippen LogP contribution >= 0.6 is 0 Å². The van der Waals surface area contributed by atoms with Crippen molar-refractivity contribution in [3.63, 3.8) is 0 Å². The second-order valence-corrected chi connectivity index (χ2v) is 5.59. The molecule has 2 heteroatoms. The second-order valence-electron chi connectivity index (χ2n) is 5.59. The molecular formula is C16H26N2. The normalized spacial score (nSPS) is 24.1. The van der Waals surface area contributed by atoms with E-state index in [2.05, 4.69) is 49.9 Å². The highest BCUT2D eigenvalue weighted by Gasteiger charge is 2.28. The molecule has 1 aromatic carbocycles. The summed E-state index contributed by atoms with van der Waals surface area (Å²) in [4.78, 5) is 2.55. The Kier molecular flexibility index (Phi) is 4.41. The first-order valence-corrected chi connectivity index (χ1v) is 7.23. The van der Waals surface area contributed by atoms with Gasteiger partial charge in [0.15, 0.2) is 0 Å². The van der Waals surface area contributed by atoms with Crippen LogP contribution in [0.15, 0.2) is 24.3 Å². The van der Waals surface area contributed by atoms with Crippen molar-refractivity contribution in [1.29, 1.82) is 0 Å². The standard InChI is InChI=1S/C16H26N2/c1-4-14-7-9-15(10-8-14)16(17)13(3)18-11-5-6-12(18)2/h7-10,12-13,16H,4-6,11,17H2,1-3H3. The summed E-state index contributed by atoms with van der Waals surface area (Å²) >= 11 is 0. The molecule has 100 valence electrons. The summed E-state index contributed by atoms with van der Waals surface area (Å²) in [6, 6.07) is 10.0. The molecule has 1 heterocycles. The molecule has 1 aromatic rings. The second kappa shape index (κ2) is 5.85. The Balaban J connectivity index is 2.07. The summed E-state index contributed by atoms with van der Waals surface area (Å²) in [5.74, 6) is 0. The maximum atomic E-state index is 6.43. The van der Waals surface area contributed by atoms with Crippen molar-refractivity contribution in [2.75, 3.05) is 6.54 Å². The summed E-state index contributed by atoms with van der Waals surface area (Å²) in [6.07, 6.45) is 3.72. The summed E-state index contributed by atoms with van der Waals surface area (Å²) < 4.78 is 0. The van der Waals surface area contributed by atoms with Crippen LogP contribution in [-0.2, 0) is 6.42 Å². The van der Waals surface area contributed by atoms with Gasteiger partial charge in [0.25, 0.3) is 0 Å². The maximum Gasteiger partial charge on any atom is 0.0450 e. The molecule has 0 radical (unpaired) electrons. The van der Waals surface area contributed by atoms with Crippen molar-refractivity contribution in [3.8, 4) is 0 Å². The van der Waals surface area contributed by atoms with Crippen LogP contribution in [0.4, 0.5) is 0 Å². The minimum absolute atomic E-state index is 0.122. The number of benzene rings is 1. The highest BCUT2D eigenvalue weighted by molar-refractivity contribution is 5.25. The van der Waals surface area contributed by atoms with Gasteiger partial charge in [0.1, 0.15) is 0 Å². The predicted molar refractivity (Wildman–Crippen MR) is 77.6 cm³/mol. The van der Waals surface area contributed by atoms with E-state index in [4.69, 9.17) is 5.73 Å². The van der Waals surface area contributed by atoms with E-state index in [1.165, 1.54) is 30.5 Å². The first kappa shape index (κ1) is 13.6. The van der Waals surface area contributed by atoms with Crippen molar-refractivity contribution in [3.05, 3.63) is 35.4 Å². The van der Waals surface area contributed by atoms with Crippen molar-refractivity contribution in [2.24, 2.45) is 5.73 Å². The lowest BCUT2D eigenvalue weighted by molar-refractivity contribution is 0.178. The number of nitrogens with zero attached hydrogens (tertiary/aromatic N) is 1. The highest BCUT2D eigenvalue weighted by atomic mass is 15.2. The number of rotatable bonds is 4. The number of nitrogens with two attached hydrogens (primary N) is 1. The van der Waals surface area contributed by atoms with Crippen LogP contribution in [-0.4, -0.2) is 23.5 Å². The van der Waals surface area contributed by atoms with Crippen molar-refractivity contribution >= 4 is 0 Å². The molecule has 0 bridgehead atoms. The third-order valence-electron chi connectivity index (χ3n) is 4.42. The molecule has 1 aliphatic rings. The van der Waals surface area contributed by atoms with E-state index < -0.39 is 0 Å². The van der Waals surface area contributed by atoms with Crippen molar-refractivity contribution < 1.29 is 0 Å². The summed E-state index contributed by atoms with van der Waals surface area (Å²) in [5, 5.41) is 0. The lowest BCUT2D eigenvalue weighted by Crippen LogP contribution is -2.42. The van der Waals surface area contributed by atoms with Gasteiger partial charge >= 0.3 is 0 Å². The third kappa shape index (κ3) is 2.76. The molecule has 1 fully saturated rings. The van der Waals surface area contributed by atoms with Gasteiger partial charge in [0.05, 0.1) is 0 Å². The highest BCUT2D eigenvalue weighted by Crippen LogP contribution is 2.26. The molecule has 0 aromatic heterocycles. The molecule has 2 rings (SSSR count). The van der Waals surface area contributed by atoms with Gasteiger partial charge < -0.3 is 5.73 Å². The molecule has 1 saturated heterocycles. The SMILES string of the molecule is CCc1ccc(C(N)C(C)N2CCCC2C)cc1. The molecule has 18 heavy (non-hydrogen) atoms. The first-order chi connectivity index (χ1) is 8.63. The monoisotopic (exact) mass is 246 g/mol. The van der Waals surface area contributed by atoms with Crippen molar-refractivity contribution in [2.45, 2.75) is 58.2 Å². The first-order valence-electron chi connectivity index (χ1n) is 7.23. The van der Waals surface area contributed by atoms with E-state index in [0.717, 1.165) is 6.42 Å². The lowest BCUT2D eigenvalue weighted by atomic mass is 9.98. The number of hydrogen-bond acceptors (Lipinski definition) is 2. The average Bonchev–Trinajstić information content (AvgIpc) is 2.83. The van der Waals surface area contributed by atoms with Gasteiger partial charge in [-0.3, -0.25) is 4.90 Å². The van der Waals surface area contributed by atoms with E-state index in [1.807, 2.05) is 0 Å². The quantitative estimate of drug-likeness (QED) is 0.884. The Hall–Kier alpha value is -0.860. The molecule has 2 N–H and O–H groups in total. The van der Waals surface area contributed by atoms with E-state index in [9.17, 15) is 0 Å². The molecule has 0 amide bonds. The van der Waals surface area contributed by atoms with Crippen LogP contribution in [0.3, 0.4) is 0 Å². The third-order valence-corrected chi connectivity index (χ3v) is 4.42. The summed E-state index contributed by atoms with van der Waals surface area (Å²) in [7, 11) is 0. The van der Waals surface area contributed by atoms with Crippen LogP contribution < -0.4 is 5.73 Å². The van der Waals surface area contributed by atoms with Crippen LogP contribution in [0.1, 0.15) is 50.8 Å². The van der Waals surface area contributed by atoms with E-state index in [1.54, 1.807) is 0 Å². The molecule has 0 saturated carbocycles. The number of aryl methyl sites for hydroxylation is 1. The zero-order valence-corrected chi connectivity index (χ0v) is 11.9. The Morgan fingerprint density at radius 1 is 1.33 bits per heavy atom. The van der Waals surface area contributed by atoms with Crippen molar-refractivity contribution in [1.82, 2.24) is 4.90 Å². The van der Waals surface area contributed by atoms with Crippen LogP contribution in [0.5, 0.6) is 0 Å². The van der Waals surface area contributed by atoms with Gasteiger partial charge in [0.2, 0.25) is 0 Å². The minimum Gasteiger partial charge on any atom is -0.323 e. The van der Waals surface area contributed by atoms with Crippen LogP contribution in [0.2, 0.25) is 0 Å². The zero-order valence-electron chi connectivity index (χ0n) is 11.9. The molecule has 1 aliphatic heterocycles. The van der Waals surface area contributed by atoms with Gasteiger partial charge in [-0.2, -0.15) is 0 Å². The Bertz CT molecular complexity index is 371. The smallest absolute Gasteiger partial charge is 0.0450 e. The molecule has 0 spiro atoms. The predicted octanol–water partition coefficient (Wildman–Crippen LogP) is 3.12. The largest absolute Gasteiger partial charge is 0.323 e. The Morgan fingerprint density at radius 2 is 2.00 bits per heavy atom. The fraction of sp³-hybridized carbons (Fsp3) is 0.625. The summed E-state index contributed by atoms with van der Waals surface area (Å²) in [5.41, 5.74) is 9.08. The van der Waals surface area contributed by atoms with Crippen LogP contribution in [0, 0.1) is 0 Å². The molecular weight excluding hydrogens is 220 g/mol. The fourth-order valence-corrected chi connectivity index (χ4v) is 3.02. The van der Waals surface area contributed by atoms with E-state index >= 15 is 0 Å². The number of hydrogen-bond donors (Lipinski definition) is 1. The van der Waals surface area contributed by atoms with Gasteiger partial charge in [-0.1, -0.05) is 31.2 Å². The van der Waals surface area contributed by atoms with E-state index in [-0.39, 0.29) is 6.04 Å². The molecule has 3 unspecified atom stereocenters. The maximum absolute atomic E-state index is 6.43. The average molecular weight is 246 g/mol. The summed E-state index contributed by atoms with van der Waals surface area (Å²) in [6.45, 7) is 7.96. The topological polar surface area (TPSA) is 29.3 Å². The van der Waals surface area contributed by atoms with Crippen LogP contribution in [0.25, 0.3) is 0 Å². The van der Waals surface area contributed by atoms with Gasteiger partial charge in [0, 0.05) is 18.1 Å². The molecule has 0 aliphatic carbocycles. The van der Waals surface area contributed by atoms with Gasteiger partial charge in [-0.25, -0.2) is 0 Å². The Morgan fingerprint density at radius 3 is 2.50 bits per heavy atom. The lowest BCUT2D eigenvalue weighted by Gasteiger charge is -2.33. The van der Waals surface area contributed by atoms with Gasteiger partial charge in [-0.15, -0.1) is 0 Å². The number of likely N-dealkylation sites (tertiary alicyclic amines) is 1. The van der Waals surface area contributed by atoms with E-state index in [0.29, 0.717) is 12.1 Å². The molecule has 3 atom stereocenters. The zero-order chi connectivity index (χ0) is 13.1. The van der Waals surface area contributed by atoms with Gasteiger partial charge in [-0.05, 0) is 50.8 Å².